The van der Waals surface area contributed by atoms with Crippen LogP contribution in [0.5, 0.6) is 0 Å². The van der Waals surface area contributed by atoms with E-state index in [-0.39, 0.29) is 41.3 Å². The van der Waals surface area contributed by atoms with Gasteiger partial charge in [0, 0.05) is 14.1 Å². The van der Waals surface area contributed by atoms with E-state index in [1.807, 2.05) is 0 Å². The molecule has 0 rings (SSSR count). The summed E-state index contributed by atoms with van der Waals surface area (Å²) in [7, 11) is -0.396. The maximum Gasteiger partial charge on any atom is 2.00 e. The van der Waals surface area contributed by atoms with Gasteiger partial charge >= 0.3 is 21.1 Å². The van der Waals surface area contributed by atoms with Crippen molar-refractivity contribution in [2.24, 2.45) is 5.41 Å². The van der Waals surface area contributed by atoms with Gasteiger partial charge in [-0.15, -0.1) is 5.41 Å². The summed E-state index contributed by atoms with van der Waals surface area (Å²) in [5.74, 6) is 0. The molecule has 0 aliphatic heterocycles. The van der Waals surface area contributed by atoms with E-state index in [2.05, 4.69) is 62.3 Å². The number of hydrogen-bond acceptors (Lipinski definition) is 0. The number of hydrogen-bond donors (Lipinski definition) is 0. The van der Waals surface area contributed by atoms with E-state index in [0.717, 1.165) is 0 Å². The van der Waals surface area contributed by atoms with Crippen LogP contribution in [0, 0.1) is 27.2 Å². The van der Waals surface area contributed by atoms with Crippen LogP contribution in [0.25, 0.3) is 0 Å². The van der Waals surface area contributed by atoms with Gasteiger partial charge in [-0.1, -0.05) is 13.8 Å². The fourth-order valence-corrected chi connectivity index (χ4v) is 6.40. The fourth-order valence-electron chi connectivity index (χ4n) is 2.13. The maximum atomic E-state index is 4.26. The Hall–Kier alpha value is 1.12. The molecule has 0 aliphatic rings. The Balaban J connectivity index is -0.000000282. The Bertz CT molecular complexity index is 165. The summed E-state index contributed by atoms with van der Waals surface area (Å²) in [5, 5.41) is 0.940. The molecule has 17 heavy (non-hydrogen) atoms. The Morgan fingerprint density at radius 3 is 1.06 bits per heavy atom. The van der Waals surface area contributed by atoms with Crippen LogP contribution in [0.2, 0.25) is 0 Å². The average Bonchev–Trinajstić information content (AvgIpc) is 1.75. The zero-order chi connectivity index (χ0) is 11.8. The van der Waals surface area contributed by atoms with E-state index < -0.39 is 7.92 Å². The zero-order valence-electron chi connectivity index (χ0n) is 13.7. The van der Waals surface area contributed by atoms with Crippen LogP contribution in [0.4, 0.5) is 0 Å². The summed E-state index contributed by atoms with van der Waals surface area (Å²) in [6.45, 7) is 23.1. The monoisotopic (exact) mass is 441 g/mol. The minimum absolute atomic E-state index is 0. The zero-order valence-corrected chi connectivity index (χ0v) is 17.0. The minimum atomic E-state index is -0.396. The molecule has 0 aromatic rings. The topological polar surface area (TPSA) is 0 Å². The molecule has 0 fully saturated rings. The van der Waals surface area contributed by atoms with Crippen molar-refractivity contribution in [3.63, 3.8) is 0 Å². The Morgan fingerprint density at radius 1 is 0.765 bits per heavy atom. The molecular weight excluding hydrogens is 406 g/mol. The third-order valence-corrected chi connectivity index (χ3v) is 7.40. The van der Waals surface area contributed by atoms with Gasteiger partial charge in [0.05, 0.1) is 10.3 Å². The van der Waals surface area contributed by atoms with Crippen molar-refractivity contribution in [1.82, 2.24) is 0 Å². The van der Waals surface area contributed by atoms with Crippen molar-refractivity contribution in [2.75, 3.05) is 6.16 Å². The normalized spacial score (nSPS) is 12.4. The van der Waals surface area contributed by atoms with E-state index in [4.69, 9.17) is 0 Å². The third-order valence-electron chi connectivity index (χ3n) is 2.47. The molecule has 0 heterocycles. The summed E-state index contributed by atoms with van der Waals surface area (Å²) in [6, 6.07) is 0. The first kappa shape index (κ1) is 26.6. The summed E-state index contributed by atoms with van der Waals surface area (Å²) in [5.41, 5.74) is 0.231. The molecule has 110 valence electrons. The van der Waals surface area contributed by atoms with Gasteiger partial charge in [0.15, 0.2) is 0 Å². The van der Waals surface area contributed by atoms with Gasteiger partial charge in [-0.2, -0.15) is 0 Å². The van der Waals surface area contributed by atoms with E-state index in [0.29, 0.717) is 10.3 Å². The van der Waals surface area contributed by atoms with Crippen LogP contribution in [-0.2, 0) is 21.1 Å². The first-order chi connectivity index (χ1) is 5.84. The molecule has 2 heteroatoms. The average molecular weight is 441 g/mol. The first-order valence-electron chi connectivity index (χ1n) is 5.56. The molecule has 0 spiro atoms. The van der Waals surface area contributed by atoms with Crippen molar-refractivity contribution in [2.45, 2.75) is 65.7 Å². The molecule has 0 N–H and O–H groups in total. The molecule has 0 bridgehead atoms. The van der Waals surface area contributed by atoms with Crippen LogP contribution < -0.4 is 0 Å². The molecule has 0 unspecified atom stereocenters. The Kier molecular flexibility index (Phi) is 13.0. The van der Waals surface area contributed by atoms with Crippen LogP contribution >= 0.6 is 7.92 Å². The van der Waals surface area contributed by atoms with Gasteiger partial charge in [-0.05, 0) is 41.5 Å². The van der Waals surface area contributed by atoms with E-state index in [9.17, 15) is 0 Å². The second-order valence-electron chi connectivity index (χ2n) is 7.32. The summed E-state index contributed by atoms with van der Waals surface area (Å²) in [4.78, 5) is 0. The van der Waals surface area contributed by atoms with Crippen molar-refractivity contribution < 1.29 is 21.1 Å². The van der Waals surface area contributed by atoms with Gasteiger partial charge in [-0.25, -0.2) is 0 Å². The van der Waals surface area contributed by atoms with Crippen LogP contribution in [0.1, 0.15) is 55.4 Å². The molecule has 0 aromatic heterocycles. The molecule has 0 aliphatic carbocycles. The van der Waals surface area contributed by atoms with Crippen molar-refractivity contribution in [3.05, 3.63) is 21.8 Å². The van der Waals surface area contributed by atoms with E-state index >= 15 is 0 Å². The smallest absolute Gasteiger partial charge is 0.358 e. The predicted octanol–water partition coefficient (Wildman–Crippen LogP) is 5.56. The molecule has 0 saturated carbocycles. The minimum Gasteiger partial charge on any atom is -0.358 e. The second-order valence-corrected chi connectivity index (χ2v) is 11.6. The second kappa shape index (κ2) is 8.32. The standard InChI is InChI=1S/C13H28P.2CH3.Pt/c1-11(2,3)10-14(12(4,5)6)13(7,8)9;;;/h1,10H2,2-9H3;2*1H3;/q3*-1;+2/p+1. The van der Waals surface area contributed by atoms with Gasteiger partial charge < -0.3 is 21.8 Å². The molecule has 0 radical (unpaired) electrons. The third kappa shape index (κ3) is 11.9. The van der Waals surface area contributed by atoms with Crippen LogP contribution in [-0.4, -0.2) is 16.5 Å². The fraction of sp³-hybridized carbons (Fsp3) is 0.800. The molecule has 0 amide bonds. The van der Waals surface area contributed by atoms with E-state index in [1.165, 1.54) is 6.16 Å². The van der Waals surface area contributed by atoms with Crippen molar-refractivity contribution in [3.8, 4) is 0 Å². The number of rotatable bonds is 2. The summed E-state index contributed by atoms with van der Waals surface area (Å²) >= 11 is 0. The van der Waals surface area contributed by atoms with Crippen molar-refractivity contribution >= 4 is 7.92 Å². The summed E-state index contributed by atoms with van der Waals surface area (Å²) < 4.78 is 0. The quantitative estimate of drug-likeness (QED) is 0.389. The van der Waals surface area contributed by atoms with Crippen molar-refractivity contribution in [1.29, 1.82) is 0 Å². The molecule has 0 atom stereocenters. The van der Waals surface area contributed by atoms with E-state index in [1.54, 1.807) is 0 Å². The van der Waals surface area contributed by atoms with Gasteiger partial charge in [0.25, 0.3) is 0 Å². The SMILES string of the molecule is [CH2-]C(C)(C)C[PH+](C(C)(C)C)C(C)(C)C.[CH3-].[CH3-].[Pt+2]. The first-order valence-corrected chi connectivity index (χ1v) is 7.27. The maximum absolute atomic E-state index is 4.26. The molecular formula is C15H35PPt. The predicted molar refractivity (Wildman–Crippen MR) is 84.7 cm³/mol. The largest absolute Gasteiger partial charge is 2.00 e. The molecule has 0 saturated heterocycles. The molecule has 0 aromatic carbocycles. The molecule has 0 nitrogen and oxygen atoms in total. The van der Waals surface area contributed by atoms with Gasteiger partial charge in [0.1, 0.15) is 0 Å². The van der Waals surface area contributed by atoms with Gasteiger partial charge in [0.2, 0.25) is 0 Å². The Morgan fingerprint density at radius 2 is 1.00 bits per heavy atom. The van der Waals surface area contributed by atoms with Crippen LogP contribution in [0.3, 0.4) is 0 Å². The van der Waals surface area contributed by atoms with Gasteiger partial charge in [-0.3, -0.25) is 0 Å². The van der Waals surface area contributed by atoms with Crippen LogP contribution in [0.15, 0.2) is 0 Å². The Labute approximate surface area is 128 Å². The summed E-state index contributed by atoms with van der Waals surface area (Å²) in [6.07, 6.45) is 1.30.